The summed E-state index contributed by atoms with van der Waals surface area (Å²) in [5.74, 6) is 7.52. The number of aryl methyl sites for hydroxylation is 1. The number of methoxy groups -OCH3 is 1. The first kappa shape index (κ1) is 15.1. The summed E-state index contributed by atoms with van der Waals surface area (Å²) in [5, 5.41) is 0.918. The Bertz CT molecular complexity index is 517. The van der Waals surface area contributed by atoms with Gasteiger partial charge >= 0.3 is 5.97 Å². The maximum Gasteiger partial charge on any atom is 0.306 e. The molecule has 1 saturated carbocycles. The standard InChI is InChI=1S/C13H20N4O2S/c1-8-11(17-14)15-9(2)16-12(8)20-7-13(4-5-13)6-10(18)19-3/h4-7,14H2,1-3H3,(H,15,16,17). The van der Waals surface area contributed by atoms with Crippen LogP contribution in [0.25, 0.3) is 0 Å². The second-order valence-electron chi connectivity index (χ2n) is 5.24. The van der Waals surface area contributed by atoms with Crippen molar-refractivity contribution in [3.05, 3.63) is 11.4 Å². The van der Waals surface area contributed by atoms with E-state index in [9.17, 15) is 4.79 Å². The summed E-state index contributed by atoms with van der Waals surface area (Å²) in [5.41, 5.74) is 3.62. The molecule has 0 radical (unpaired) electrons. The molecule has 1 aliphatic rings. The topological polar surface area (TPSA) is 90.1 Å². The number of nitrogens with zero attached hydrogens (tertiary/aromatic N) is 2. The first-order valence-corrected chi connectivity index (χ1v) is 7.50. The molecule has 1 fully saturated rings. The van der Waals surface area contributed by atoms with Gasteiger partial charge in [0.1, 0.15) is 16.7 Å². The minimum Gasteiger partial charge on any atom is -0.469 e. The molecule has 1 heterocycles. The molecule has 1 aromatic rings. The number of nitrogens with two attached hydrogens (primary N) is 1. The Balaban J connectivity index is 2.04. The second-order valence-corrected chi connectivity index (χ2v) is 6.20. The highest BCUT2D eigenvalue weighted by atomic mass is 32.2. The first-order chi connectivity index (χ1) is 9.49. The van der Waals surface area contributed by atoms with Crippen LogP contribution in [0.1, 0.15) is 30.7 Å². The number of thioether (sulfide) groups is 1. The van der Waals surface area contributed by atoms with E-state index in [0.29, 0.717) is 18.1 Å². The molecule has 0 spiro atoms. The van der Waals surface area contributed by atoms with Crippen molar-refractivity contribution in [2.24, 2.45) is 11.3 Å². The smallest absolute Gasteiger partial charge is 0.306 e. The van der Waals surface area contributed by atoms with Gasteiger partial charge in [-0.15, -0.1) is 11.8 Å². The lowest BCUT2D eigenvalue weighted by Gasteiger charge is -2.15. The Kier molecular flexibility index (Phi) is 4.49. The molecular formula is C13H20N4O2S. The van der Waals surface area contributed by atoms with E-state index < -0.39 is 0 Å². The zero-order valence-corrected chi connectivity index (χ0v) is 12.8. The number of nitrogen functional groups attached to an aromatic ring is 1. The highest BCUT2D eigenvalue weighted by Gasteiger charge is 2.44. The number of hydrogen-bond acceptors (Lipinski definition) is 7. The predicted molar refractivity (Wildman–Crippen MR) is 78.3 cm³/mol. The Morgan fingerprint density at radius 1 is 1.45 bits per heavy atom. The van der Waals surface area contributed by atoms with E-state index in [1.807, 2.05) is 13.8 Å². The van der Waals surface area contributed by atoms with Gasteiger partial charge < -0.3 is 10.2 Å². The summed E-state index contributed by atoms with van der Waals surface area (Å²) in [6, 6.07) is 0. The summed E-state index contributed by atoms with van der Waals surface area (Å²) >= 11 is 1.66. The van der Waals surface area contributed by atoms with Crippen LogP contribution in [0.2, 0.25) is 0 Å². The van der Waals surface area contributed by atoms with E-state index in [4.69, 9.17) is 10.6 Å². The number of esters is 1. The van der Waals surface area contributed by atoms with Gasteiger partial charge in [-0.1, -0.05) is 0 Å². The molecule has 0 saturated heterocycles. The van der Waals surface area contributed by atoms with Crippen molar-refractivity contribution >= 4 is 23.5 Å². The third-order valence-electron chi connectivity index (χ3n) is 3.57. The molecule has 1 aliphatic carbocycles. The molecule has 0 bridgehead atoms. The van der Waals surface area contributed by atoms with Gasteiger partial charge in [0.25, 0.3) is 0 Å². The number of hydrogen-bond donors (Lipinski definition) is 2. The first-order valence-electron chi connectivity index (χ1n) is 6.51. The van der Waals surface area contributed by atoms with Crippen molar-refractivity contribution < 1.29 is 9.53 Å². The molecule has 1 aromatic heterocycles. The largest absolute Gasteiger partial charge is 0.469 e. The third kappa shape index (κ3) is 3.40. The average Bonchev–Trinajstić information content (AvgIpc) is 3.19. The number of carbonyl (C=O) groups is 1. The van der Waals surface area contributed by atoms with Crippen LogP contribution in [-0.4, -0.2) is 28.8 Å². The zero-order chi connectivity index (χ0) is 14.8. The summed E-state index contributed by atoms with van der Waals surface area (Å²) in [6.45, 7) is 3.78. The second kappa shape index (κ2) is 5.97. The number of rotatable bonds is 6. The summed E-state index contributed by atoms with van der Waals surface area (Å²) in [6.07, 6.45) is 2.63. The molecule has 3 N–H and O–H groups in total. The minimum absolute atomic E-state index is 0.0827. The van der Waals surface area contributed by atoms with Crippen molar-refractivity contribution in [2.75, 3.05) is 18.3 Å². The lowest BCUT2D eigenvalue weighted by atomic mass is 10.1. The fraction of sp³-hybridized carbons (Fsp3) is 0.615. The maximum absolute atomic E-state index is 11.4. The van der Waals surface area contributed by atoms with Crippen LogP contribution in [0.5, 0.6) is 0 Å². The number of anilines is 1. The Morgan fingerprint density at radius 2 is 2.15 bits per heavy atom. The molecule has 7 heteroatoms. The van der Waals surface area contributed by atoms with E-state index in [1.54, 1.807) is 11.8 Å². The molecule has 0 atom stereocenters. The molecule has 2 rings (SSSR count). The number of ether oxygens (including phenoxy) is 1. The van der Waals surface area contributed by atoms with Gasteiger partial charge in [0.05, 0.1) is 13.5 Å². The number of nitrogens with one attached hydrogen (secondary N) is 1. The Labute approximate surface area is 122 Å². The fourth-order valence-electron chi connectivity index (χ4n) is 2.03. The summed E-state index contributed by atoms with van der Waals surface area (Å²) in [4.78, 5) is 20.1. The van der Waals surface area contributed by atoms with Crippen molar-refractivity contribution in [1.29, 1.82) is 0 Å². The minimum atomic E-state index is -0.136. The van der Waals surface area contributed by atoms with E-state index in [0.717, 1.165) is 29.2 Å². The van der Waals surface area contributed by atoms with E-state index in [2.05, 4.69) is 15.4 Å². The third-order valence-corrected chi connectivity index (χ3v) is 5.00. The highest BCUT2D eigenvalue weighted by molar-refractivity contribution is 7.99. The lowest BCUT2D eigenvalue weighted by Crippen LogP contribution is -2.14. The van der Waals surface area contributed by atoms with Gasteiger partial charge in [0.15, 0.2) is 0 Å². The van der Waals surface area contributed by atoms with Crippen molar-refractivity contribution in [1.82, 2.24) is 9.97 Å². The molecule has 0 aliphatic heterocycles. The van der Waals surface area contributed by atoms with Gasteiger partial charge in [0.2, 0.25) is 0 Å². The highest BCUT2D eigenvalue weighted by Crippen LogP contribution is 2.52. The number of aromatic nitrogens is 2. The van der Waals surface area contributed by atoms with Gasteiger partial charge in [0, 0.05) is 11.3 Å². The molecular weight excluding hydrogens is 276 g/mol. The molecule has 20 heavy (non-hydrogen) atoms. The van der Waals surface area contributed by atoms with Crippen molar-refractivity contribution in [3.8, 4) is 0 Å². The van der Waals surface area contributed by atoms with Crippen LogP contribution in [0.4, 0.5) is 5.82 Å². The van der Waals surface area contributed by atoms with E-state index in [-0.39, 0.29) is 11.4 Å². The lowest BCUT2D eigenvalue weighted by molar-refractivity contribution is -0.141. The number of hydrazine groups is 1. The monoisotopic (exact) mass is 296 g/mol. The summed E-state index contributed by atoms with van der Waals surface area (Å²) in [7, 11) is 1.43. The molecule has 0 amide bonds. The Morgan fingerprint density at radius 3 is 2.70 bits per heavy atom. The average molecular weight is 296 g/mol. The molecule has 110 valence electrons. The zero-order valence-electron chi connectivity index (χ0n) is 12.0. The normalized spacial score (nSPS) is 15.8. The van der Waals surface area contributed by atoms with Crippen molar-refractivity contribution in [2.45, 2.75) is 38.1 Å². The van der Waals surface area contributed by atoms with Gasteiger partial charge in [-0.05, 0) is 32.1 Å². The molecule has 0 unspecified atom stereocenters. The van der Waals surface area contributed by atoms with Crippen LogP contribution in [-0.2, 0) is 9.53 Å². The number of carbonyl (C=O) groups excluding carboxylic acids is 1. The van der Waals surface area contributed by atoms with E-state index in [1.165, 1.54) is 7.11 Å². The maximum atomic E-state index is 11.4. The quantitative estimate of drug-likeness (QED) is 0.272. The molecule has 6 nitrogen and oxygen atoms in total. The Hall–Kier alpha value is -1.34. The van der Waals surface area contributed by atoms with Crippen LogP contribution in [0.3, 0.4) is 0 Å². The predicted octanol–water partition coefficient (Wildman–Crippen LogP) is 1.81. The van der Waals surface area contributed by atoms with Crippen LogP contribution in [0.15, 0.2) is 5.03 Å². The fourth-order valence-corrected chi connectivity index (χ4v) is 3.38. The van der Waals surface area contributed by atoms with Gasteiger partial charge in [-0.25, -0.2) is 15.8 Å². The van der Waals surface area contributed by atoms with Gasteiger partial charge in [-0.3, -0.25) is 4.79 Å². The molecule has 0 aromatic carbocycles. The van der Waals surface area contributed by atoms with Crippen LogP contribution >= 0.6 is 11.8 Å². The van der Waals surface area contributed by atoms with Gasteiger partial charge in [-0.2, -0.15) is 0 Å². The van der Waals surface area contributed by atoms with E-state index >= 15 is 0 Å². The SMILES string of the molecule is COC(=O)CC1(CSc2nc(C)nc(NN)c2C)CC1. The summed E-state index contributed by atoms with van der Waals surface area (Å²) < 4.78 is 4.76. The van der Waals surface area contributed by atoms with Crippen molar-refractivity contribution in [3.63, 3.8) is 0 Å². The van der Waals surface area contributed by atoms with Crippen LogP contribution in [0, 0.1) is 19.3 Å². The van der Waals surface area contributed by atoms with Crippen LogP contribution < -0.4 is 11.3 Å².